The number of aryl methyl sites for hydroxylation is 1. The lowest BCUT2D eigenvalue weighted by Crippen LogP contribution is -2.31. The minimum atomic E-state index is -0.767. The molecule has 8 heteroatoms. The van der Waals surface area contributed by atoms with Crippen molar-refractivity contribution in [3.63, 3.8) is 0 Å². The second-order valence-corrected chi connectivity index (χ2v) is 8.04. The number of carbonyl (C=O) groups is 1. The van der Waals surface area contributed by atoms with E-state index in [9.17, 15) is 18.0 Å². The number of thioether (sulfide) groups is 1. The van der Waals surface area contributed by atoms with E-state index in [1.54, 1.807) is 31.7 Å². The monoisotopic (exact) mass is 417 g/mol. The van der Waals surface area contributed by atoms with Gasteiger partial charge in [-0.2, -0.15) is 5.10 Å². The molecule has 1 unspecified atom stereocenters. The highest BCUT2D eigenvalue weighted by molar-refractivity contribution is 7.99. The van der Waals surface area contributed by atoms with Crippen LogP contribution in [-0.4, -0.2) is 21.4 Å². The summed E-state index contributed by atoms with van der Waals surface area (Å²) in [6, 6.07) is 7.45. The van der Waals surface area contributed by atoms with Crippen LogP contribution in [0.25, 0.3) is 5.69 Å². The average molecular weight is 417 g/mol. The molecule has 1 amide bonds. The number of carbonyl (C=O) groups excluding carboxylic acids is 1. The Morgan fingerprint density at radius 2 is 1.86 bits per heavy atom. The molecule has 1 atom stereocenters. The molecule has 2 aromatic carbocycles. The molecule has 0 saturated carbocycles. The highest BCUT2D eigenvalue weighted by Crippen LogP contribution is 2.36. The van der Waals surface area contributed by atoms with Crippen molar-refractivity contribution < 1.29 is 18.0 Å². The number of hydrogen-bond donors (Lipinski definition) is 1. The van der Waals surface area contributed by atoms with Crippen molar-refractivity contribution in [2.75, 3.05) is 5.75 Å². The first-order chi connectivity index (χ1) is 13.8. The Labute approximate surface area is 170 Å². The van der Waals surface area contributed by atoms with Gasteiger partial charge in [0.05, 0.1) is 23.0 Å². The lowest BCUT2D eigenvalue weighted by molar-refractivity contribution is 0.0933. The van der Waals surface area contributed by atoms with E-state index in [4.69, 9.17) is 0 Å². The van der Waals surface area contributed by atoms with Crippen LogP contribution in [0, 0.1) is 31.3 Å². The van der Waals surface area contributed by atoms with Crippen molar-refractivity contribution in [3.05, 3.63) is 76.4 Å². The standard InChI is InChI=1S/C21H18F3N3OS/c1-11-20(12(2)27(26-11)18-5-3-14(23)10-16(18)24)21(28)25-17-7-8-29-19-6-4-13(22)9-15(17)19/h3-6,9-10,17H,7-8H2,1-2H3,(H,25,28). The maximum Gasteiger partial charge on any atom is 0.255 e. The normalized spacial score (nSPS) is 15.8. The quantitative estimate of drug-likeness (QED) is 0.661. The molecule has 29 heavy (non-hydrogen) atoms. The molecule has 0 spiro atoms. The molecule has 4 rings (SSSR count). The summed E-state index contributed by atoms with van der Waals surface area (Å²) < 4.78 is 42.4. The predicted molar refractivity (Wildman–Crippen MR) is 105 cm³/mol. The van der Waals surface area contributed by atoms with Gasteiger partial charge in [-0.1, -0.05) is 0 Å². The molecule has 0 fully saturated rings. The lowest BCUT2D eigenvalue weighted by atomic mass is 10.0. The van der Waals surface area contributed by atoms with E-state index in [1.165, 1.54) is 22.9 Å². The number of fused-ring (bicyclic) bond motifs is 1. The molecule has 1 N–H and O–H groups in total. The summed E-state index contributed by atoms with van der Waals surface area (Å²) in [5, 5.41) is 7.24. The summed E-state index contributed by atoms with van der Waals surface area (Å²) in [6.07, 6.45) is 0.672. The number of aromatic nitrogens is 2. The molecule has 0 bridgehead atoms. The van der Waals surface area contributed by atoms with E-state index in [0.717, 1.165) is 28.3 Å². The smallest absolute Gasteiger partial charge is 0.255 e. The summed E-state index contributed by atoms with van der Waals surface area (Å²) in [5.41, 5.74) is 2.00. The van der Waals surface area contributed by atoms with Crippen LogP contribution in [0.4, 0.5) is 13.2 Å². The summed E-state index contributed by atoms with van der Waals surface area (Å²) in [4.78, 5) is 14.0. The van der Waals surface area contributed by atoms with Crippen LogP contribution in [0.15, 0.2) is 41.3 Å². The van der Waals surface area contributed by atoms with E-state index in [2.05, 4.69) is 10.4 Å². The van der Waals surface area contributed by atoms with Crippen molar-refractivity contribution in [1.82, 2.24) is 15.1 Å². The Balaban J connectivity index is 1.66. The molecule has 1 aromatic heterocycles. The fourth-order valence-electron chi connectivity index (χ4n) is 3.60. The first-order valence-electron chi connectivity index (χ1n) is 9.10. The van der Waals surface area contributed by atoms with Gasteiger partial charge in [-0.25, -0.2) is 17.9 Å². The van der Waals surface area contributed by atoms with Gasteiger partial charge in [-0.05, 0) is 56.2 Å². The van der Waals surface area contributed by atoms with Crippen LogP contribution in [0.3, 0.4) is 0 Å². The van der Waals surface area contributed by atoms with Gasteiger partial charge < -0.3 is 5.32 Å². The van der Waals surface area contributed by atoms with Crippen LogP contribution < -0.4 is 5.32 Å². The van der Waals surface area contributed by atoms with E-state index >= 15 is 0 Å². The zero-order chi connectivity index (χ0) is 20.7. The number of nitrogens with zero attached hydrogens (tertiary/aromatic N) is 2. The topological polar surface area (TPSA) is 46.9 Å². The summed E-state index contributed by atoms with van der Waals surface area (Å²) >= 11 is 1.63. The fourth-order valence-corrected chi connectivity index (χ4v) is 4.71. The number of hydrogen-bond acceptors (Lipinski definition) is 3. The Hall–Kier alpha value is -2.74. The van der Waals surface area contributed by atoms with Gasteiger partial charge in [-0.3, -0.25) is 4.79 Å². The van der Waals surface area contributed by atoms with Crippen molar-refractivity contribution >= 4 is 17.7 Å². The van der Waals surface area contributed by atoms with Gasteiger partial charge in [-0.15, -0.1) is 11.8 Å². The molecular formula is C21H18F3N3OS. The third-order valence-corrected chi connectivity index (χ3v) is 6.10. The Bertz CT molecular complexity index is 1110. The van der Waals surface area contributed by atoms with Crippen LogP contribution in [0.5, 0.6) is 0 Å². The van der Waals surface area contributed by atoms with Crippen molar-refractivity contribution in [1.29, 1.82) is 0 Å². The average Bonchev–Trinajstić information content (AvgIpc) is 2.96. The van der Waals surface area contributed by atoms with Crippen LogP contribution >= 0.6 is 11.8 Å². The largest absolute Gasteiger partial charge is 0.345 e. The molecule has 2 heterocycles. The van der Waals surface area contributed by atoms with Crippen LogP contribution in [0.2, 0.25) is 0 Å². The van der Waals surface area contributed by atoms with Gasteiger partial charge in [0.15, 0.2) is 5.82 Å². The van der Waals surface area contributed by atoms with E-state index in [-0.39, 0.29) is 23.5 Å². The number of rotatable bonds is 3. The fraction of sp³-hybridized carbons (Fsp3) is 0.238. The van der Waals surface area contributed by atoms with Gasteiger partial charge in [0.2, 0.25) is 0 Å². The Kier molecular flexibility index (Phi) is 5.12. The molecule has 3 aromatic rings. The number of nitrogens with one attached hydrogen (secondary N) is 1. The van der Waals surface area contributed by atoms with Gasteiger partial charge in [0.25, 0.3) is 5.91 Å². The number of benzene rings is 2. The number of halogens is 3. The molecular weight excluding hydrogens is 399 g/mol. The maximum absolute atomic E-state index is 14.2. The lowest BCUT2D eigenvalue weighted by Gasteiger charge is -2.26. The molecule has 0 saturated heterocycles. The molecule has 150 valence electrons. The molecule has 0 aliphatic carbocycles. The minimum Gasteiger partial charge on any atom is -0.345 e. The van der Waals surface area contributed by atoms with Gasteiger partial charge in [0.1, 0.15) is 17.3 Å². The maximum atomic E-state index is 14.2. The van der Waals surface area contributed by atoms with Gasteiger partial charge in [0, 0.05) is 16.7 Å². The molecule has 0 radical (unpaired) electrons. The first kappa shape index (κ1) is 19.6. The minimum absolute atomic E-state index is 0.0625. The first-order valence-corrected chi connectivity index (χ1v) is 10.1. The van der Waals surface area contributed by atoms with Crippen molar-refractivity contribution in [2.45, 2.75) is 31.2 Å². The zero-order valence-electron chi connectivity index (χ0n) is 15.8. The second kappa shape index (κ2) is 7.59. The van der Waals surface area contributed by atoms with E-state index in [1.807, 2.05) is 0 Å². The molecule has 1 aliphatic heterocycles. The third kappa shape index (κ3) is 3.64. The summed E-state index contributed by atoms with van der Waals surface area (Å²) in [6.45, 7) is 3.31. The zero-order valence-corrected chi connectivity index (χ0v) is 16.6. The van der Waals surface area contributed by atoms with Gasteiger partial charge >= 0.3 is 0 Å². The second-order valence-electron chi connectivity index (χ2n) is 6.90. The highest BCUT2D eigenvalue weighted by atomic mass is 32.2. The SMILES string of the molecule is Cc1nn(-c2ccc(F)cc2F)c(C)c1C(=O)NC1CCSc2ccc(F)cc21. The molecule has 4 nitrogen and oxygen atoms in total. The summed E-state index contributed by atoms with van der Waals surface area (Å²) in [7, 11) is 0. The van der Waals surface area contributed by atoms with Crippen LogP contribution in [-0.2, 0) is 0 Å². The van der Waals surface area contributed by atoms with E-state index in [0.29, 0.717) is 23.4 Å². The van der Waals surface area contributed by atoms with Crippen LogP contribution in [0.1, 0.15) is 39.8 Å². The predicted octanol–water partition coefficient (Wildman–Crippen LogP) is 4.87. The molecule has 1 aliphatic rings. The Morgan fingerprint density at radius 3 is 2.62 bits per heavy atom. The summed E-state index contributed by atoms with van der Waals surface area (Å²) in [5.74, 6) is -1.36. The Morgan fingerprint density at radius 1 is 1.14 bits per heavy atom. The van der Waals surface area contributed by atoms with E-state index < -0.39 is 11.6 Å². The van der Waals surface area contributed by atoms with Crippen molar-refractivity contribution in [3.8, 4) is 5.69 Å². The highest BCUT2D eigenvalue weighted by Gasteiger charge is 2.27. The number of amides is 1. The van der Waals surface area contributed by atoms with Crippen molar-refractivity contribution in [2.24, 2.45) is 0 Å². The third-order valence-electron chi connectivity index (χ3n) is 4.97.